The van der Waals surface area contributed by atoms with Crippen molar-refractivity contribution < 1.29 is 27.2 Å². The Morgan fingerprint density at radius 2 is 1.91 bits per heavy atom. The van der Waals surface area contributed by atoms with Gasteiger partial charge in [-0.25, -0.2) is 9.18 Å². The zero-order chi connectivity index (χ0) is 22.6. The first kappa shape index (κ1) is 20.4. The molecule has 0 spiro atoms. The van der Waals surface area contributed by atoms with E-state index in [0.29, 0.717) is 29.1 Å². The smallest absolute Gasteiger partial charge is 0.277 e. The van der Waals surface area contributed by atoms with Crippen LogP contribution in [0.5, 0.6) is 0 Å². The molecule has 3 amide bonds. The van der Waals surface area contributed by atoms with Crippen LogP contribution in [-0.2, 0) is 17.4 Å². The fourth-order valence-corrected chi connectivity index (χ4v) is 4.61. The largest absolute Gasteiger partial charge is 0.425 e. The minimum absolute atomic E-state index is 0.0244. The van der Waals surface area contributed by atoms with Crippen LogP contribution < -0.4 is 10.2 Å². The molecule has 162 valence electrons. The van der Waals surface area contributed by atoms with Crippen LogP contribution in [0.25, 0.3) is 11.1 Å². The molecule has 1 atom stereocenters. The second-order valence-corrected chi connectivity index (χ2v) is 8.24. The fourth-order valence-electron chi connectivity index (χ4n) is 3.83. The highest BCUT2D eigenvalue weighted by atomic mass is 32.1. The Morgan fingerprint density at radius 1 is 1.09 bits per heavy atom. The summed E-state index contributed by atoms with van der Waals surface area (Å²) in [6.07, 6.45) is -2.10. The van der Waals surface area contributed by atoms with Crippen LogP contribution in [0.1, 0.15) is 22.0 Å². The molecule has 1 fully saturated rings. The summed E-state index contributed by atoms with van der Waals surface area (Å²) in [5, 5.41) is 3.46. The minimum Gasteiger partial charge on any atom is -0.277 e. The van der Waals surface area contributed by atoms with Crippen LogP contribution in [0, 0.1) is 5.82 Å². The van der Waals surface area contributed by atoms with Gasteiger partial charge in [-0.1, -0.05) is 18.2 Å². The van der Waals surface area contributed by atoms with Gasteiger partial charge in [0.25, 0.3) is 5.91 Å². The molecule has 2 aliphatic heterocycles. The Hall–Kier alpha value is -3.53. The number of urea groups is 1. The van der Waals surface area contributed by atoms with Crippen molar-refractivity contribution >= 4 is 40.9 Å². The number of nitrogens with zero attached hydrogens (tertiary/aromatic N) is 2. The first-order valence-electron chi connectivity index (χ1n) is 9.47. The lowest BCUT2D eigenvalue weighted by atomic mass is 10.00. The Labute approximate surface area is 183 Å². The third-order valence-corrected chi connectivity index (χ3v) is 6.32. The monoisotopic (exact) mass is 459 g/mol. The van der Waals surface area contributed by atoms with Crippen LogP contribution in [-0.4, -0.2) is 18.2 Å². The molecule has 1 unspecified atom stereocenters. The van der Waals surface area contributed by atoms with Gasteiger partial charge in [0.2, 0.25) is 0 Å². The van der Waals surface area contributed by atoms with E-state index in [1.807, 2.05) is 6.07 Å². The Bertz CT molecular complexity index is 1300. The summed E-state index contributed by atoms with van der Waals surface area (Å²) in [5.41, 5.74) is 2.36. The number of benzene rings is 2. The summed E-state index contributed by atoms with van der Waals surface area (Å²) >= 11 is 0.477. The van der Waals surface area contributed by atoms with Gasteiger partial charge in [-0.2, -0.15) is 13.2 Å². The van der Waals surface area contributed by atoms with Crippen LogP contribution in [0.2, 0.25) is 0 Å². The van der Waals surface area contributed by atoms with Crippen molar-refractivity contribution in [2.45, 2.75) is 18.6 Å². The molecule has 0 radical (unpaired) electrons. The van der Waals surface area contributed by atoms with Crippen molar-refractivity contribution in [2.75, 3.05) is 4.90 Å². The van der Waals surface area contributed by atoms with Crippen LogP contribution in [0.15, 0.2) is 52.8 Å². The number of amides is 3. The van der Waals surface area contributed by atoms with Gasteiger partial charge in [-0.05, 0) is 46.3 Å². The number of anilines is 1. The number of imide groups is 1. The second-order valence-electron chi connectivity index (χ2n) is 7.33. The van der Waals surface area contributed by atoms with E-state index in [-0.39, 0.29) is 16.7 Å². The van der Waals surface area contributed by atoms with Gasteiger partial charge in [0, 0.05) is 23.9 Å². The number of halogens is 4. The van der Waals surface area contributed by atoms with E-state index in [1.165, 1.54) is 22.4 Å². The van der Waals surface area contributed by atoms with E-state index in [4.69, 9.17) is 0 Å². The van der Waals surface area contributed by atoms with Gasteiger partial charge in [0.15, 0.2) is 0 Å². The summed E-state index contributed by atoms with van der Waals surface area (Å²) in [6.45, 7) is 0. The molecule has 1 aromatic heterocycles. The molecule has 32 heavy (non-hydrogen) atoms. The molecule has 2 aliphatic rings. The number of aliphatic imine (C=N–C) groups is 1. The van der Waals surface area contributed by atoms with Crippen molar-refractivity contribution in [3.05, 3.63) is 69.7 Å². The maximum Gasteiger partial charge on any atom is 0.425 e. The molecule has 5 nitrogen and oxygen atoms in total. The highest BCUT2D eigenvalue weighted by Crippen LogP contribution is 2.40. The predicted octanol–water partition coefficient (Wildman–Crippen LogP) is 5.63. The lowest BCUT2D eigenvalue weighted by molar-refractivity contribution is -0.134. The molecule has 2 aromatic carbocycles. The van der Waals surface area contributed by atoms with Crippen molar-refractivity contribution in [2.24, 2.45) is 4.99 Å². The maximum atomic E-state index is 14.9. The predicted molar refractivity (Wildman–Crippen MR) is 112 cm³/mol. The quantitative estimate of drug-likeness (QED) is 0.408. The average molecular weight is 459 g/mol. The Morgan fingerprint density at radius 3 is 2.62 bits per heavy atom. The number of rotatable bonds is 3. The Balaban J connectivity index is 1.51. The summed E-state index contributed by atoms with van der Waals surface area (Å²) < 4.78 is 53.5. The van der Waals surface area contributed by atoms with Gasteiger partial charge in [-0.15, -0.1) is 11.3 Å². The van der Waals surface area contributed by atoms with Crippen molar-refractivity contribution in [3.8, 4) is 11.1 Å². The van der Waals surface area contributed by atoms with Crippen LogP contribution in [0.3, 0.4) is 0 Å². The molecular weight excluding hydrogens is 446 g/mol. The third kappa shape index (κ3) is 3.36. The zero-order valence-corrected chi connectivity index (χ0v) is 16.9. The maximum absolute atomic E-state index is 14.9. The second kappa shape index (κ2) is 7.27. The summed E-state index contributed by atoms with van der Waals surface area (Å²) in [7, 11) is 0. The van der Waals surface area contributed by atoms with E-state index < -0.39 is 34.9 Å². The first-order chi connectivity index (χ1) is 15.2. The number of fused-ring (bicyclic) bond motifs is 1. The highest BCUT2D eigenvalue weighted by molar-refractivity contribution is 7.10. The molecule has 1 saturated heterocycles. The first-order valence-corrected chi connectivity index (χ1v) is 10.4. The van der Waals surface area contributed by atoms with Crippen molar-refractivity contribution in [1.82, 2.24) is 5.32 Å². The summed E-state index contributed by atoms with van der Waals surface area (Å²) in [6, 6.07) is 8.10. The van der Waals surface area contributed by atoms with E-state index in [1.54, 1.807) is 18.3 Å². The van der Waals surface area contributed by atoms with Crippen molar-refractivity contribution in [1.29, 1.82) is 0 Å². The third-order valence-electron chi connectivity index (χ3n) is 5.34. The van der Waals surface area contributed by atoms with Gasteiger partial charge in [0.05, 0.1) is 5.69 Å². The number of nitrogens with one attached hydrogen (secondary N) is 1. The SMILES string of the molecule is O=C1NC(=O)N(c2ccc3c(c2)N=CC3)C1c1ccc(-c2csc(C(F)(F)F)c2)c(F)c1. The number of thiophene rings is 1. The lowest BCUT2D eigenvalue weighted by Crippen LogP contribution is -2.29. The van der Waals surface area contributed by atoms with Gasteiger partial charge >= 0.3 is 12.2 Å². The molecule has 1 N–H and O–H groups in total. The molecule has 3 aromatic rings. The average Bonchev–Trinajstić information content (AvgIpc) is 3.45. The molecule has 0 bridgehead atoms. The summed E-state index contributed by atoms with van der Waals surface area (Å²) in [4.78, 5) is 29.7. The number of hydrogen-bond donors (Lipinski definition) is 1. The van der Waals surface area contributed by atoms with Crippen LogP contribution >= 0.6 is 11.3 Å². The normalized spacial score (nSPS) is 17.8. The number of hydrogen-bond acceptors (Lipinski definition) is 4. The van der Waals surface area contributed by atoms with Crippen molar-refractivity contribution in [3.63, 3.8) is 0 Å². The van der Waals surface area contributed by atoms with Gasteiger partial charge < -0.3 is 0 Å². The van der Waals surface area contributed by atoms with Crippen LogP contribution in [0.4, 0.5) is 33.7 Å². The number of alkyl halides is 3. The van der Waals surface area contributed by atoms with E-state index >= 15 is 0 Å². The topological polar surface area (TPSA) is 61.8 Å². The lowest BCUT2D eigenvalue weighted by Gasteiger charge is -2.23. The summed E-state index contributed by atoms with van der Waals surface area (Å²) in [5.74, 6) is -1.42. The molecule has 3 heterocycles. The number of carbonyl (C=O) groups excluding carboxylic acids is 2. The van der Waals surface area contributed by atoms with Gasteiger partial charge in [-0.3, -0.25) is 20.0 Å². The molecule has 5 rings (SSSR count). The molecular formula is C22H13F4N3O2S. The molecule has 0 saturated carbocycles. The number of carbonyl (C=O) groups is 2. The van der Waals surface area contributed by atoms with E-state index in [2.05, 4.69) is 10.3 Å². The fraction of sp³-hybridized carbons (Fsp3) is 0.136. The van der Waals surface area contributed by atoms with Gasteiger partial charge in [0.1, 0.15) is 16.7 Å². The highest BCUT2D eigenvalue weighted by Gasteiger charge is 2.41. The van der Waals surface area contributed by atoms with E-state index in [0.717, 1.165) is 17.7 Å². The standard InChI is InChI=1S/C22H13F4N3O2S/c23-16-7-12(2-4-15(16)13-8-18(32-10-13)22(24,25)26)19-20(30)28-21(31)29(19)14-3-1-11-5-6-27-17(11)9-14/h1-4,6-10,19H,5H2,(H,28,30,31). The zero-order valence-electron chi connectivity index (χ0n) is 16.1. The minimum atomic E-state index is -4.51. The van der Waals surface area contributed by atoms with E-state index in [9.17, 15) is 27.2 Å². The molecule has 10 heteroatoms. The Kier molecular flexibility index (Phi) is 4.63. The molecule has 0 aliphatic carbocycles.